The zero-order valence-corrected chi connectivity index (χ0v) is 9.23. The van der Waals surface area contributed by atoms with E-state index in [2.05, 4.69) is 18.2 Å². The molecule has 2 aromatic carbocycles. The highest BCUT2D eigenvalue weighted by atomic mass is 16.5. The molecule has 2 aromatic rings. The minimum Gasteiger partial charge on any atom is -0.494 e. The molecule has 0 amide bonds. The number of hydrogen-bond acceptors (Lipinski definition) is 1. The smallest absolute Gasteiger partial charge is 0.119 e. The molecule has 1 nitrogen and oxygen atoms in total. The molecule has 1 heteroatoms. The third kappa shape index (κ3) is 3.43. The van der Waals surface area contributed by atoms with Crippen molar-refractivity contribution in [2.24, 2.45) is 0 Å². The second kappa shape index (κ2) is 5.96. The van der Waals surface area contributed by atoms with Crippen LogP contribution in [0.3, 0.4) is 0 Å². The lowest BCUT2D eigenvalue weighted by Crippen LogP contribution is -1.98. The normalized spacial score (nSPS) is 10.0. The van der Waals surface area contributed by atoms with E-state index >= 15 is 0 Å². The lowest BCUT2D eigenvalue weighted by Gasteiger charge is -2.05. The van der Waals surface area contributed by atoms with Crippen LogP contribution in [-0.2, 0) is 6.42 Å². The molecule has 0 N–H and O–H groups in total. The van der Waals surface area contributed by atoms with Crippen LogP contribution in [0, 0.1) is 6.07 Å². The quantitative estimate of drug-likeness (QED) is 0.688. The van der Waals surface area contributed by atoms with E-state index in [1.165, 1.54) is 5.56 Å². The summed E-state index contributed by atoms with van der Waals surface area (Å²) in [6.45, 7) is 0.766. The standard InChI is InChI=1S/C15H15O/c1-3-8-14(9-4-1)10-7-13-16-15-11-5-2-6-12-15/h2-6,8-9,11-12H,7,10,13H2. The molecule has 0 saturated heterocycles. The van der Waals surface area contributed by atoms with Gasteiger partial charge in [-0.2, -0.15) is 0 Å². The minimum absolute atomic E-state index is 0.766. The Labute approximate surface area is 96.7 Å². The van der Waals surface area contributed by atoms with Crippen LogP contribution in [0.25, 0.3) is 0 Å². The third-order valence-corrected chi connectivity index (χ3v) is 2.41. The summed E-state index contributed by atoms with van der Waals surface area (Å²) in [6, 6.07) is 21.1. The van der Waals surface area contributed by atoms with E-state index in [4.69, 9.17) is 4.74 Å². The molecule has 0 heterocycles. The van der Waals surface area contributed by atoms with Gasteiger partial charge in [-0.3, -0.25) is 0 Å². The van der Waals surface area contributed by atoms with E-state index in [0.717, 1.165) is 25.2 Å². The zero-order valence-electron chi connectivity index (χ0n) is 9.23. The molecule has 1 radical (unpaired) electrons. The van der Waals surface area contributed by atoms with Gasteiger partial charge in [-0.1, -0.05) is 42.5 Å². The monoisotopic (exact) mass is 211 g/mol. The van der Waals surface area contributed by atoms with Crippen LogP contribution in [0.4, 0.5) is 0 Å². The first-order valence-electron chi connectivity index (χ1n) is 5.58. The van der Waals surface area contributed by atoms with Crippen LogP contribution in [0.2, 0.25) is 0 Å². The maximum Gasteiger partial charge on any atom is 0.119 e. The first-order valence-corrected chi connectivity index (χ1v) is 5.58. The molecule has 0 aliphatic heterocycles. The minimum atomic E-state index is 0.766. The molecule has 0 bridgehead atoms. The largest absolute Gasteiger partial charge is 0.494 e. The second-order valence-electron chi connectivity index (χ2n) is 3.67. The van der Waals surface area contributed by atoms with Gasteiger partial charge in [0.05, 0.1) is 6.61 Å². The SMILES string of the molecule is [c]1ccc(CCCOc2ccccc2)cc1. The summed E-state index contributed by atoms with van der Waals surface area (Å²) in [6.07, 6.45) is 2.10. The predicted molar refractivity (Wildman–Crippen MR) is 65.5 cm³/mol. The summed E-state index contributed by atoms with van der Waals surface area (Å²) >= 11 is 0. The molecule has 0 unspecified atom stereocenters. The second-order valence-corrected chi connectivity index (χ2v) is 3.67. The van der Waals surface area contributed by atoms with Crippen LogP contribution in [0.5, 0.6) is 5.75 Å². The molecule has 0 aromatic heterocycles. The lowest BCUT2D eigenvalue weighted by atomic mass is 10.1. The number of benzene rings is 2. The Balaban J connectivity index is 1.70. The van der Waals surface area contributed by atoms with Crippen molar-refractivity contribution in [3.63, 3.8) is 0 Å². The molecule has 0 fully saturated rings. The average molecular weight is 211 g/mol. The molecule has 81 valence electrons. The van der Waals surface area contributed by atoms with E-state index in [1.54, 1.807) is 0 Å². The van der Waals surface area contributed by atoms with Gasteiger partial charge in [-0.15, -0.1) is 0 Å². The zero-order chi connectivity index (χ0) is 11.1. The molecule has 2 rings (SSSR count). The Morgan fingerprint density at radius 1 is 0.938 bits per heavy atom. The van der Waals surface area contributed by atoms with Crippen molar-refractivity contribution in [3.05, 3.63) is 66.2 Å². The van der Waals surface area contributed by atoms with E-state index in [1.807, 2.05) is 42.5 Å². The van der Waals surface area contributed by atoms with Gasteiger partial charge in [0.1, 0.15) is 5.75 Å². The van der Waals surface area contributed by atoms with Crippen LogP contribution in [0.1, 0.15) is 12.0 Å². The number of ether oxygens (including phenoxy) is 1. The summed E-state index contributed by atoms with van der Waals surface area (Å²) in [5.41, 5.74) is 1.34. The van der Waals surface area contributed by atoms with Gasteiger partial charge < -0.3 is 4.74 Å². The molecule has 16 heavy (non-hydrogen) atoms. The molecule has 0 aliphatic carbocycles. The van der Waals surface area contributed by atoms with Gasteiger partial charge in [0.25, 0.3) is 0 Å². The first-order chi connectivity index (χ1) is 7.95. The Morgan fingerprint density at radius 2 is 1.69 bits per heavy atom. The van der Waals surface area contributed by atoms with Crippen molar-refractivity contribution >= 4 is 0 Å². The van der Waals surface area contributed by atoms with E-state index < -0.39 is 0 Å². The van der Waals surface area contributed by atoms with Gasteiger partial charge >= 0.3 is 0 Å². The Morgan fingerprint density at radius 3 is 2.44 bits per heavy atom. The molecule has 0 atom stereocenters. The Hall–Kier alpha value is -1.76. The number of rotatable bonds is 5. The van der Waals surface area contributed by atoms with Gasteiger partial charge in [-0.25, -0.2) is 0 Å². The summed E-state index contributed by atoms with van der Waals surface area (Å²) in [7, 11) is 0. The fourth-order valence-corrected chi connectivity index (χ4v) is 1.57. The summed E-state index contributed by atoms with van der Waals surface area (Å²) in [5.74, 6) is 0.948. The summed E-state index contributed by atoms with van der Waals surface area (Å²) < 4.78 is 5.62. The highest BCUT2D eigenvalue weighted by Gasteiger charge is 1.93. The molecule has 0 aliphatic rings. The highest BCUT2D eigenvalue weighted by Crippen LogP contribution is 2.09. The Bertz CT molecular complexity index is 353. The van der Waals surface area contributed by atoms with Gasteiger partial charge in [0.15, 0.2) is 0 Å². The van der Waals surface area contributed by atoms with Gasteiger partial charge in [-0.05, 0) is 36.6 Å². The van der Waals surface area contributed by atoms with Crippen LogP contribution in [-0.4, -0.2) is 6.61 Å². The number of aryl methyl sites for hydroxylation is 1. The maximum atomic E-state index is 5.62. The number of para-hydroxylation sites is 1. The molecule has 0 spiro atoms. The van der Waals surface area contributed by atoms with Crippen molar-refractivity contribution in [3.8, 4) is 5.75 Å². The fourth-order valence-electron chi connectivity index (χ4n) is 1.57. The van der Waals surface area contributed by atoms with Crippen molar-refractivity contribution in [1.29, 1.82) is 0 Å². The highest BCUT2D eigenvalue weighted by molar-refractivity contribution is 5.20. The first kappa shape index (κ1) is 10.7. The van der Waals surface area contributed by atoms with Gasteiger partial charge in [0, 0.05) is 0 Å². The summed E-state index contributed by atoms with van der Waals surface area (Å²) in [4.78, 5) is 0. The lowest BCUT2D eigenvalue weighted by molar-refractivity contribution is 0.311. The van der Waals surface area contributed by atoms with Crippen molar-refractivity contribution in [2.75, 3.05) is 6.61 Å². The van der Waals surface area contributed by atoms with Crippen molar-refractivity contribution in [2.45, 2.75) is 12.8 Å². The Kier molecular flexibility index (Phi) is 4.00. The fraction of sp³-hybridized carbons (Fsp3) is 0.200. The van der Waals surface area contributed by atoms with E-state index in [-0.39, 0.29) is 0 Å². The molecule has 0 saturated carbocycles. The van der Waals surface area contributed by atoms with Crippen LogP contribution >= 0.6 is 0 Å². The summed E-state index contributed by atoms with van der Waals surface area (Å²) in [5, 5.41) is 0. The van der Waals surface area contributed by atoms with Crippen LogP contribution in [0.15, 0.2) is 54.6 Å². The van der Waals surface area contributed by atoms with Crippen LogP contribution < -0.4 is 4.74 Å². The topological polar surface area (TPSA) is 9.23 Å². The average Bonchev–Trinajstić information content (AvgIpc) is 2.37. The molecular formula is C15H15O. The van der Waals surface area contributed by atoms with E-state index in [9.17, 15) is 0 Å². The van der Waals surface area contributed by atoms with Gasteiger partial charge in [0.2, 0.25) is 0 Å². The third-order valence-electron chi connectivity index (χ3n) is 2.41. The maximum absolute atomic E-state index is 5.62. The van der Waals surface area contributed by atoms with E-state index in [0.29, 0.717) is 0 Å². The van der Waals surface area contributed by atoms with Crippen molar-refractivity contribution < 1.29 is 4.74 Å². The number of hydrogen-bond donors (Lipinski definition) is 0. The predicted octanol–water partition coefficient (Wildman–Crippen LogP) is 3.50. The van der Waals surface area contributed by atoms with Crippen molar-refractivity contribution in [1.82, 2.24) is 0 Å². The molecular weight excluding hydrogens is 196 g/mol.